The monoisotopic (exact) mass is 412 g/mol. The molecule has 6 nitrogen and oxygen atoms in total. The van der Waals surface area contributed by atoms with Gasteiger partial charge in [0.1, 0.15) is 0 Å². The lowest BCUT2D eigenvalue weighted by Gasteiger charge is -2.28. The van der Waals surface area contributed by atoms with Crippen LogP contribution in [0, 0.1) is 6.92 Å². The van der Waals surface area contributed by atoms with Crippen LogP contribution in [0.3, 0.4) is 0 Å². The van der Waals surface area contributed by atoms with E-state index in [4.69, 9.17) is 4.74 Å². The summed E-state index contributed by atoms with van der Waals surface area (Å²) in [7, 11) is 0. The topological polar surface area (TPSA) is 75.7 Å². The Kier molecular flexibility index (Phi) is 6.93. The van der Waals surface area contributed by atoms with Crippen LogP contribution in [0.25, 0.3) is 0 Å². The van der Waals surface area contributed by atoms with Gasteiger partial charge in [0.25, 0.3) is 5.91 Å². The van der Waals surface area contributed by atoms with Gasteiger partial charge in [0.15, 0.2) is 6.10 Å². The minimum Gasteiger partial charge on any atom is -0.452 e. The Bertz CT molecular complexity index is 898. The van der Waals surface area contributed by atoms with Gasteiger partial charge in [-0.05, 0) is 31.5 Å². The number of fused-ring (bicyclic) bond motifs is 1. The van der Waals surface area contributed by atoms with Crippen LogP contribution in [0.5, 0.6) is 0 Å². The molecule has 0 unspecified atom stereocenters. The lowest BCUT2D eigenvalue weighted by molar-refractivity contribution is -0.154. The summed E-state index contributed by atoms with van der Waals surface area (Å²) in [5.74, 6) is -0.546. The summed E-state index contributed by atoms with van der Waals surface area (Å²) in [5.41, 5.74) is 2.93. The van der Waals surface area contributed by atoms with Gasteiger partial charge in [-0.1, -0.05) is 42.0 Å². The summed E-state index contributed by atoms with van der Waals surface area (Å²) in [6, 6.07) is 15.4. The van der Waals surface area contributed by atoms with E-state index in [0.717, 1.165) is 21.7 Å². The van der Waals surface area contributed by atoms with E-state index >= 15 is 0 Å². The zero-order valence-electron chi connectivity index (χ0n) is 16.5. The predicted octanol–water partition coefficient (Wildman–Crippen LogP) is 3.07. The molecule has 1 heterocycles. The number of hydrogen-bond donors (Lipinski definition) is 1. The molecule has 0 aromatic heterocycles. The number of anilines is 1. The fourth-order valence-corrected chi connectivity index (χ4v) is 3.89. The highest BCUT2D eigenvalue weighted by Crippen LogP contribution is 2.34. The summed E-state index contributed by atoms with van der Waals surface area (Å²) >= 11 is 1.49. The number of thioether (sulfide) groups is 1. The first kappa shape index (κ1) is 20.9. The van der Waals surface area contributed by atoms with Gasteiger partial charge >= 0.3 is 5.97 Å². The molecule has 1 atom stereocenters. The Balaban J connectivity index is 1.47. The van der Waals surface area contributed by atoms with E-state index in [1.165, 1.54) is 11.8 Å². The third-order valence-electron chi connectivity index (χ3n) is 4.61. The number of amides is 2. The Morgan fingerprint density at radius 1 is 1.17 bits per heavy atom. The van der Waals surface area contributed by atoms with Crippen LogP contribution in [-0.4, -0.2) is 36.2 Å². The van der Waals surface area contributed by atoms with E-state index < -0.39 is 12.1 Å². The molecule has 0 spiro atoms. The maximum atomic E-state index is 12.2. The molecular weight excluding hydrogens is 388 g/mol. The molecule has 3 rings (SSSR count). The highest BCUT2D eigenvalue weighted by atomic mass is 32.2. The molecule has 1 aliphatic heterocycles. The first-order valence-corrected chi connectivity index (χ1v) is 10.5. The number of ether oxygens (including phenoxy) is 1. The van der Waals surface area contributed by atoms with E-state index in [0.29, 0.717) is 12.3 Å². The van der Waals surface area contributed by atoms with Crippen LogP contribution in [0.1, 0.15) is 24.5 Å². The third kappa shape index (κ3) is 5.60. The number of hydrogen-bond acceptors (Lipinski definition) is 5. The van der Waals surface area contributed by atoms with Gasteiger partial charge in [-0.3, -0.25) is 14.4 Å². The summed E-state index contributed by atoms with van der Waals surface area (Å²) in [6.45, 7) is 4.14. The smallest absolute Gasteiger partial charge is 0.308 e. The van der Waals surface area contributed by atoms with Crippen molar-refractivity contribution in [3.05, 3.63) is 59.7 Å². The van der Waals surface area contributed by atoms with Crippen molar-refractivity contribution in [2.75, 3.05) is 17.2 Å². The zero-order chi connectivity index (χ0) is 20.8. The van der Waals surface area contributed by atoms with Crippen molar-refractivity contribution in [3.8, 4) is 0 Å². The minimum atomic E-state index is -0.896. The number of nitrogens with one attached hydrogen (secondary N) is 1. The Morgan fingerprint density at radius 3 is 2.66 bits per heavy atom. The fraction of sp³-hybridized carbons (Fsp3) is 0.318. The molecule has 152 valence electrons. The van der Waals surface area contributed by atoms with Crippen molar-refractivity contribution in [2.45, 2.75) is 37.8 Å². The zero-order valence-corrected chi connectivity index (χ0v) is 17.3. The van der Waals surface area contributed by atoms with Crippen molar-refractivity contribution in [3.63, 3.8) is 0 Å². The van der Waals surface area contributed by atoms with Gasteiger partial charge in [0.2, 0.25) is 5.91 Å². The van der Waals surface area contributed by atoms with Gasteiger partial charge in [0.05, 0.1) is 17.9 Å². The van der Waals surface area contributed by atoms with Crippen LogP contribution < -0.4 is 10.2 Å². The van der Waals surface area contributed by atoms with Crippen LogP contribution in [-0.2, 0) is 25.7 Å². The number of esters is 1. The van der Waals surface area contributed by atoms with E-state index in [1.807, 2.05) is 55.5 Å². The van der Waals surface area contributed by atoms with Crippen LogP contribution in [0.15, 0.2) is 53.4 Å². The second kappa shape index (κ2) is 9.60. The molecule has 2 aromatic rings. The number of carbonyl (C=O) groups is 3. The van der Waals surface area contributed by atoms with Crippen molar-refractivity contribution in [1.82, 2.24) is 5.32 Å². The standard InChI is InChI=1S/C22H24N2O4S/c1-15-7-9-17(10-8-15)13-23-22(27)16(2)28-21(26)11-12-24-18-5-3-4-6-19(18)29-14-20(24)25/h3-10,16H,11-14H2,1-2H3,(H,23,27)/t16-/m0/s1. The number of rotatable bonds is 7. The predicted molar refractivity (Wildman–Crippen MR) is 113 cm³/mol. The van der Waals surface area contributed by atoms with Gasteiger partial charge in [0, 0.05) is 18.0 Å². The Hall–Kier alpha value is -2.80. The second-order valence-electron chi connectivity index (χ2n) is 6.89. The molecule has 2 amide bonds. The highest BCUT2D eigenvalue weighted by Gasteiger charge is 2.25. The van der Waals surface area contributed by atoms with Crippen molar-refractivity contribution in [1.29, 1.82) is 0 Å². The normalized spacial score (nSPS) is 14.1. The van der Waals surface area contributed by atoms with Gasteiger partial charge in [-0.25, -0.2) is 0 Å². The quantitative estimate of drug-likeness (QED) is 0.708. The van der Waals surface area contributed by atoms with Gasteiger partial charge in [-0.15, -0.1) is 11.8 Å². The highest BCUT2D eigenvalue weighted by molar-refractivity contribution is 8.00. The van der Waals surface area contributed by atoms with Crippen LogP contribution >= 0.6 is 11.8 Å². The number of carbonyl (C=O) groups excluding carboxylic acids is 3. The maximum absolute atomic E-state index is 12.2. The first-order valence-electron chi connectivity index (χ1n) is 9.49. The summed E-state index contributed by atoms with van der Waals surface area (Å²) in [6.07, 6.45) is -0.867. The lowest BCUT2D eigenvalue weighted by Crippen LogP contribution is -2.38. The van der Waals surface area contributed by atoms with Gasteiger partial charge < -0.3 is 15.0 Å². The largest absolute Gasteiger partial charge is 0.452 e. The summed E-state index contributed by atoms with van der Waals surface area (Å²) in [5, 5.41) is 2.77. The van der Waals surface area contributed by atoms with E-state index in [1.54, 1.807) is 11.8 Å². The summed E-state index contributed by atoms with van der Waals surface area (Å²) < 4.78 is 5.24. The van der Waals surface area contributed by atoms with E-state index in [-0.39, 0.29) is 24.8 Å². The van der Waals surface area contributed by atoms with Crippen LogP contribution in [0.4, 0.5) is 5.69 Å². The average Bonchev–Trinajstić information content (AvgIpc) is 2.72. The number of nitrogens with zero attached hydrogens (tertiary/aromatic N) is 1. The molecule has 0 saturated carbocycles. The maximum Gasteiger partial charge on any atom is 0.308 e. The molecule has 7 heteroatoms. The third-order valence-corrected chi connectivity index (χ3v) is 5.66. The molecule has 0 radical (unpaired) electrons. The molecule has 2 aromatic carbocycles. The average molecular weight is 413 g/mol. The van der Waals surface area contributed by atoms with Crippen molar-refractivity contribution in [2.24, 2.45) is 0 Å². The van der Waals surface area contributed by atoms with Crippen molar-refractivity contribution < 1.29 is 19.1 Å². The van der Waals surface area contributed by atoms with Gasteiger partial charge in [-0.2, -0.15) is 0 Å². The molecular formula is C22H24N2O4S. The molecule has 0 saturated heterocycles. The molecule has 0 bridgehead atoms. The number of para-hydroxylation sites is 1. The van der Waals surface area contributed by atoms with Crippen molar-refractivity contribution >= 4 is 35.2 Å². The summed E-state index contributed by atoms with van der Waals surface area (Å²) in [4.78, 5) is 39.2. The second-order valence-corrected chi connectivity index (χ2v) is 7.90. The Labute approximate surface area is 174 Å². The minimum absolute atomic E-state index is 0.0281. The number of benzene rings is 2. The molecule has 1 aliphatic rings. The Morgan fingerprint density at radius 2 is 1.90 bits per heavy atom. The first-order chi connectivity index (χ1) is 13.9. The molecule has 29 heavy (non-hydrogen) atoms. The fourth-order valence-electron chi connectivity index (χ4n) is 2.95. The van der Waals surface area contributed by atoms with E-state index in [2.05, 4.69) is 5.32 Å². The van der Waals surface area contributed by atoms with Crippen LogP contribution in [0.2, 0.25) is 0 Å². The molecule has 1 N–H and O–H groups in total. The van der Waals surface area contributed by atoms with E-state index in [9.17, 15) is 14.4 Å². The number of aryl methyl sites for hydroxylation is 1. The SMILES string of the molecule is Cc1ccc(CNC(=O)[C@H](C)OC(=O)CCN2C(=O)CSc3ccccc32)cc1. The lowest BCUT2D eigenvalue weighted by atomic mass is 10.1. The molecule has 0 fully saturated rings. The molecule has 0 aliphatic carbocycles.